The largest absolute Gasteiger partial charge is 0.383 e. The van der Waals surface area contributed by atoms with Crippen molar-refractivity contribution in [2.45, 2.75) is 51.0 Å². The van der Waals surface area contributed by atoms with Crippen LogP contribution in [0.5, 0.6) is 0 Å². The molecule has 0 saturated heterocycles. The zero-order valence-electron chi connectivity index (χ0n) is 10.9. The van der Waals surface area contributed by atoms with Crippen molar-refractivity contribution in [1.29, 1.82) is 0 Å². The molecular weight excluding hydrogens is 230 g/mol. The van der Waals surface area contributed by atoms with Gasteiger partial charge < -0.3 is 5.73 Å². The third-order valence-electron chi connectivity index (χ3n) is 3.30. The van der Waals surface area contributed by atoms with E-state index in [2.05, 4.69) is 23.8 Å². The third kappa shape index (κ3) is 3.12. The Balaban J connectivity index is 2.13. The Labute approximate surface area is 108 Å². The first kappa shape index (κ1) is 12.7. The number of aromatic nitrogens is 2. The van der Waals surface area contributed by atoms with Crippen LogP contribution >= 0.6 is 11.8 Å². The van der Waals surface area contributed by atoms with Crippen LogP contribution in [0, 0.1) is 12.8 Å². The topological polar surface area (TPSA) is 51.8 Å². The van der Waals surface area contributed by atoms with Crippen LogP contribution in [0.3, 0.4) is 0 Å². The molecule has 1 saturated carbocycles. The van der Waals surface area contributed by atoms with E-state index in [9.17, 15) is 0 Å². The Kier molecular flexibility index (Phi) is 3.92. The molecule has 0 bridgehead atoms. The number of rotatable bonds is 5. The van der Waals surface area contributed by atoms with Gasteiger partial charge in [-0.2, -0.15) is 0 Å². The maximum absolute atomic E-state index is 5.96. The molecule has 0 radical (unpaired) electrons. The first-order valence-electron chi connectivity index (χ1n) is 6.38. The van der Waals surface area contributed by atoms with E-state index >= 15 is 0 Å². The summed E-state index contributed by atoms with van der Waals surface area (Å²) in [6.07, 6.45) is 3.65. The van der Waals surface area contributed by atoms with E-state index in [1.165, 1.54) is 19.3 Å². The lowest BCUT2D eigenvalue weighted by Crippen LogP contribution is -2.05. The standard InChI is InChI=1S/C13H21N3S/c1-4-8(2)7-17-13-9(3)11(14)15-12(16-13)10-5-6-10/h8,10H,4-7H2,1-3H3,(H2,14,15,16). The molecule has 1 aromatic heterocycles. The van der Waals surface area contributed by atoms with Crippen LogP contribution in [0.4, 0.5) is 5.82 Å². The maximum atomic E-state index is 5.96. The van der Waals surface area contributed by atoms with E-state index in [1.54, 1.807) is 0 Å². The summed E-state index contributed by atoms with van der Waals surface area (Å²) < 4.78 is 0. The first-order chi connectivity index (χ1) is 8.11. The van der Waals surface area contributed by atoms with E-state index < -0.39 is 0 Å². The van der Waals surface area contributed by atoms with Crippen molar-refractivity contribution in [2.75, 3.05) is 11.5 Å². The van der Waals surface area contributed by atoms with E-state index in [1.807, 2.05) is 18.7 Å². The summed E-state index contributed by atoms with van der Waals surface area (Å²) in [5.74, 6) is 4.02. The van der Waals surface area contributed by atoms with Crippen molar-refractivity contribution in [3.8, 4) is 0 Å². The highest BCUT2D eigenvalue weighted by molar-refractivity contribution is 7.99. The van der Waals surface area contributed by atoms with Gasteiger partial charge >= 0.3 is 0 Å². The second kappa shape index (κ2) is 5.25. The Bertz CT molecular complexity index is 402. The van der Waals surface area contributed by atoms with Gasteiger partial charge in [-0.3, -0.25) is 0 Å². The molecule has 17 heavy (non-hydrogen) atoms. The number of thioether (sulfide) groups is 1. The fourth-order valence-corrected chi connectivity index (χ4v) is 2.69. The van der Waals surface area contributed by atoms with Gasteiger partial charge in [0.15, 0.2) is 0 Å². The van der Waals surface area contributed by atoms with Crippen LogP contribution in [0.1, 0.15) is 50.4 Å². The van der Waals surface area contributed by atoms with Crippen molar-refractivity contribution in [3.05, 3.63) is 11.4 Å². The molecule has 0 aromatic carbocycles. The smallest absolute Gasteiger partial charge is 0.135 e. The highest BCUT2D eigenvalue weighted by Crippen LogP contribution is 2.39. The Hall–Kier alpha value is -0.770. The molecule has 2 rings (SSSR count). The highest BCUT2D eigenvalue weighted by atomic mass is 32.2. The van der Waals surface area contributed by atoms with Crippen molar-refractivity contribution >= 4 is 17.6 Å². The molecule has 1 unspecified atom stereocenters. The van der Waals surface area contributed by atoms with Gasteiger partial charge in [0.2, 0.25) is 0 Å². The van der Waals surface area contributed by atoms with Gasteiger partial charge in [-0.05, 0) is 25.7 Å². The lowest BCUT2D eigenvalue weighted by atomic mass is 10.2. The molecule has 0 aliphatic heterocycles. The van der Waals surface area contributed by atoms with Gasteiger partial charge in [0.1, 0.15) is 16.7 Å². The quantitative estimate of drug-likeness (QED) is 0.644. The van der Waals surface area contributed by atoms with Crippen molar-refractivity contribution in [2.24, 2.45) is 5.92 Å². The fraction of sp³-hybridized carbons (Fsp3) is 0.692. The summed E-state index contributed by atoms with van der Waals surface area (Å²) in [5, 5.41) is 1.08. The number of nitrogens with two attached hydrogens (primary N) is 1. The SMILES string of the molecule is CCC(C)CSc1nc(C2CC2)nc(N)c1C. The number of nitrogen functional groups attached to an aromatic ring is 1. The molecule has 1 atom stereocenters. The average molecular weight is 251 g/mol. The van der Waals surface area contributed by atoms with Crippen LogP contribution in [0.25, 0.3) is 0 Å². The molecular formula is C13H21N3S. The zero-order chi connectivity index (χ0) is 12.4. The number of nitrogens with zero attached hydrogens (tertiary/aromatic N) is 2. The first-order valence-corrected chi connectivity index (χ1v) is 7.37. The summed E-state index contributed by atoms with van der Waals surface area (Å²) in [6, 6.07) is 0. The monoisotopic (exact) mass is 251 g/mol. The molecule has 0 spiro atoms. The van der Waals surface area contributed by atoms with Gasteiger partial charge in [0.25, 0.3) is 0 Å². The van der Waals surface area contributed by atoms with Crippen LogP contribution in [0.15, 0.2) is 5.03 Å². The second-order valence-electron chi connectivity index (χ2n) is 5.00. The fourth-order valence-electron chi connectivity index (χ4n) is 1.53. The van der Waals surface area contributed by atoms with Crippen LogP contribution in [-0.2, 0) is 0 Å². The summed E-state index contributed by atoms with van der Waals surface area (Å²) in [5.41, 5.74) is 7.01. The number of hydrogen-bond donors (Lipinski definition) is 1. The predicted octanol–water partition coefficient (Wildman–Crippen LogP) is 3.38. The molecule has 3 nitrogen and oxygen atoms in total. The number of anilines is 1. The van der Waals surface area contributed by atoms with Crippen molar-refractivity contribution in [3.63, 3.8) is 0 Å². The van der Waals surface area contributed by atoms with Gasteiger partial charge in [0.05, 0.1) is 0 Å². The number of hydrogen-bond acceptors (Lipinski definition) is 4. The zero-order valence-corrected chi connectivity index (χ0v) is 11.7. The highest BCUT2D eigenvalue weighted by Gasteiger charge is 2.27. The minimum Gasteiger partial charge on any atom is -0.383 e. The Morgan fingerprint density at radius 2 is 2.12 bits per heavy atom. The summed E-state index contributed by atoms with van der Waals surface area (Å²) in [7, 11) is 0. The molecule has 1 aliphatic rings. The normalized spacial score (nSPS) is 17.1. The van der Waals surface area contributed by atoms with E-state index in [0.29, 0.717) is 11.7 Å². The molecule has 1 heterocycles. The second-order valence-corrected chi connectivity index (χ2v) is 6.00. The van der Waals surface area contributed by atoms with Crippen molar-refractivity contribution in [1.82, 2.24) is 9.97 Å². The summed E-state index contributed by atoms with van der Waals surface area (Å²) in [6.45, 7) is 6.52. The predicted molar refractivity (Wildman–Crippen MR) is 73.3 cm³/mol. The lowest BCUT2D eigenvalue weighted by molar-refractivity contribution is 0.636. The van der Waals surface area contributed by atoms with E-state index in [0.717, 1.165) is 28.1 Å². The molecule has 1 fully saturated rings. The maximum Gasteiger partial charge on any atom is 0.135 e. The molecule has 1 aliphatic carbocycles. The lowest BCUT2D eigenvalue weighted by Gasteiger charge is -2.11. The van der Waals surface area contributed by atoms with Crippen LogP contribution in [-0.4, -0.2) is 15.7 Å². The van der Waals surface area contributed by atoms with Crippen LogP contribution in [0.2, 0.25) is 0 Å². The summed E-state index contributed by atoms with van der Waals surface area (Å²) in [4.78, 5) is 9.07. The van der Waals surface area contributed by atoms with Gasteiger partial charge in [0, 0.05) is 17.2 Å². The Morgan fingerprint density at radius 1 is 1.41 bits per heavy atom. The van der Waals surface area contributed by atoms with Gasteiger partial charge in [-0.1, -0.05) is 20.3 Å². The molecule has 4 heteroatoms. The summed E-state index contributed by atoms with van der Waals surface area (Å²) >= 11 is 1.82. The Morgan fingerprint density at radius 3 is 2.71 bits per heavy atom. The van der Waals surface area contributed by atoms with Crippen molar-refractivity contribution < 1.29 is 0 Å². The molecule has 1 aromatic rings. The molecule has 2 N–H and O–H groups in total. The van der Waals surface area contributed by atoms with Crippen LogP contribution < -0.4 is 5.73 Å². The van der Waals surface area contributed by atoms with E-state index in [-0.39, 0.29) is 0 Å². The molecule has 94 valence electrons. The van der Waals surface area contributed by atoms with Gasteiger partial charge in [-0.15, -0.1) is 11.8 Å². The van der Waals surface area contributed by atoms with Gasteiger partial charge in [-0.25, -0.2) is 9.97 Å². The van der Waals surface area contributed by atoms with E-state index in [4.69, 9.17) is 5.73 Å². The molecule has 0 amide bonds. The minimum absolute atomic E-state index is 0.570. The third-order valence-corrected chi connectivity index (χ3v) is 4.71. The average Bonchev–Trinajstić information content (AvgIpc) is 3.14. The minimum atomic E-state index is 0.570.